The molecule has 0 bridgehead atoms. The molecule has 0 saturated heterocycles. The fourth-order valence-electron chi connectivity index (χ4n) is 3.17. The van der Waals surface area contributed by atoms with Gasteiger partial charge < -0.3 is 4.90 Å². The van der Waals surface area contributed by atoms with Crippen LogP contribution in [0.15, 0.2) is 54.6 Å². The predicted octanol–water partition coefficient (Wildman–Crippen LogP) is 4.55. The molecule has 7 heteroatoms. The van der Waals surface area contributed by atoms with E-state index < -0.39 is 0 Å². The van der Waals surface area contributed by atoms with E-state index in [0.717, 1.165) is 22.6 Å². The maximum atomic E-state index is 13.3. The van der Waals surface area contributed by atoms with E-state index >= 15 is 0 Å². The highest BCUT2D eigenvalue weighted by molar-refractivity contribution is 6.30. The second kappa shape index (κ2) is 7.64. The summed E-state index contributed by atoms with van der Waals surface area (Å²) in [4.78, 5) is 23.9. The molecule has 0 aliphatic heterocycles. The van der Waals surface area contributed by atoms with Crippen molar-refractivity contribution in [3.05, 3.63) is 88.0 Å². The maximum absolute atomic E-state index is 13.3. The van der Waals surface area contributed by atoms with Crippen LogP contribution in [0.25, 0.3) is 5.78 Å². The average molecular weight is 406 g/mol. The molecule has 0 atom stereocenters. The molecule has 0 aliphatic rings. The topological polar surface area (TPSA) is 63.4 Å². The van der Waals surface area contributed by atoms with Crippen LogP contribution >= 0.6 is 11.6 Å². The van der Waals surface area contributed by atoms with Crippen LogP contribution in [0.3, 0.4) is 0 Å². The number of carbonyl (C=O) groups is 1. The van der Waals surface area contributed by atoms with Gasteiger partial charge in [0, 0.05) is 27.7 Å². The van der Waals surface area contributed by atoms with E-state index in [9.17, 15) is 4.79 Å². The Morgan fingerprint density at radius 2 is 1.69 bits per heavy atom. The molecule has 0 aliphatic carbocycles. The number of rotatable bonds is 4. The molecule has 0 fully saturated rings. The molecule has 2 heterocycles. The monoisotopic (exact) mass is 405 g/mol. The van der Waals surface area contributed by atoms with Gasteiger partial charge in [-0.1, -0.05) is 29.3 Å². The number of nitrogens with zero attached hydrogens (tertiary/aromatic N) is 5. The predicted molar refractivity (Wildman–Crippen MR) is 113 cm³/mol. The van der Waals surface area contributed by atoms with Crippen LogP contribution in [0.1, 0.15) is 33.1 Å². The van der Waals surface area contributed by atoms with E-state index in [1.807, 2.05) is 51.1 Å². The van der Waals surface area contributed by atoms with Crippen molar-refractivity contribution in [1.29, 1.82) is 0 Å². The SMILES string of the molecule is Cc1ccc(N(Cc2nc3nc(C)cc(C)n3n2)C(=O)c2ccc(Cl)cc2)cc1. The van der Waals surface area contributed by atoms with Crippen molar-refractivity contribution in [3.8, 4) is 0 Å². The maximum Gasteiger partial charge on any atom is 0.258 e. The number of aromatic nitrogens is 4. The molecule has 1 amide bonds. The molecule has 0 N–H and O–H groups in total. The van der Waals surface area contributed by atoms with Crippen molar-refractivity contribution in [2.45, 2.75) is 27.3 Å². The number of hydrogen-bond acceptors (Lipinski definition) is 4. The molecule has 146 valence electrons. The van der Waals surface area contributed by atoms with Gasteiger partial charge in [0.15, 0.2) is 5.82 Å². The summed E-state index contributed by atoms with van der Waals surface area (Å²) in [6.07, 6.45) is 0. The first-order chi connectivity index (χ1) is 13.9. The third-order valence-electron chi connectivity index (χ3n) is 4.64. The highest BCUT2D eigenvalue weighted by Crippen LogP contribution is 2.21. The molecule has 0 saturated carbocycles. The Balaban J connectivity index is 1.74. The number of benzene rings is 2. The second-order valence-corrected chi connectivity index (χ2v) is 7.45. The third kappa shape index (κ3) is 3.98. The van der Waals surface area contributed by atoms with Gasteiger partial charge in [-0.25, -0.2) is 9.50 Å². The van der Waals surface area contributed by atoms with Gasteiger partial charge in [-0.15, -0.1) is 5.10 Å². The van der Waals surface area contributed by atoms with Crippen LogP contribution in [0, 0.1) is 20.8 Å². The van der Waals surface area contributed by atoms with Gasteiger partial charge in [-0.2, -0.15) is 4.98 Å². The van der Waals surface area contributed by atoms with Crippen molar-refractivity contribution in [2.75, 3.05) is 4.90 Å². The first-order valence-corrected chi connectivity index (χ1v) is 9.62. The summed E-state index contributed by atoms with van der Waals surface area (Å²) in [6, 6.07) is 16.6. The Morgan fingerprint density at radius 3 is 2.38 bits per heavy atom. The number of halogens is 1. The van der Waals surface area contributed by atoms with Crippen molar-refractivity contribution in [2.24, 2.45) is 0 Å². The van der Waals surface area contributed by atoms with E-state index in [4.69, 9.17) is 11.6 Å². The summed E-state index contributed by atoms with van der Waals surface area (Å²) in [7, 11) is 0. The summed E-state index contributed by atoms with van der Waals surface area (Å²) in [5.41, 5.74) is 4.26. The molecular formula is C22H20ClN5O. The summed E-state index contributed by atoms with van der Waals surface area (Å²) in [6.45, 7) is 6.11. The van der Waals surface area contributed by atoms with Crippen LogP contribution in [0.4, 0.5) is 5.69 Å². The van der Waals surface area contributed by atoms with Crippen molar-refractivity contribution >= 4 is 29.0 Å². The Bertz CT molecular complexity index is 1180. The summed E-state index contributed by atoms with van der Waals surface area (Å²) in [5, 5.41) is 5.14. The lowest BCUT2D eigenvalue weighted by molar-refractivity contribution is 0.0984. The third-order valence-corrected chi connectivity index (χ3v) is 4.90. The molecule has 6 nitrogen and oxygen atoms in total. The lowest BCUT2D eigenvalue weighted by Crippen LogP contribution is -2.31. The standard InChI is InChI=1S/C22H20ClN5O/c1-14-4-10-19(11-5-14)27(21(29)17-6-8-18(23)9-7-17)13-20-25-22-24-15(2)12-16(3)28(22)26-20/h4-12H,13H2,1-3H3. The molecule has 4 aromatic rings. The van der Waals surface area contributed by atoms with Gasteiger partial charge in [-0.3, -0.25) is 4.79 Å². The molecular weight excluding hydrogens is 386 g/mol. The molecule has 4 rings (SSSR count). The first-order valence-electron chi connectivity index (χ1n) is 9.25. The van der Waals surface area contributed by atoms with Gasteiger partial charge in [-0.05, 0) is 63.2 Å². The van der Waals surface area contributed by atoms with Crippen molar-refractivity contribution in [3.63, 3.8) is 0 Å². The Hall–Kier alpha value is -3.25. The molecule has 2 aromatic carbocycles. The van der Waals surface area contributed by atoms with Gasteiger partial charge in [0.05, 0.1) is 6.54 Å². The minimum Gasteiger partial charge on any atom is -0.301 e. The van der Waals surface area contributed by atoms with E-state index in [-0.39, 0.29) is 12.5 Å². The lowest BCUT2D eigenvalue weighted by atomic mass is 10.1. The van der Waals surface area contributed by atoms with Gasteiger partial charge in [0.2, 0.25) is 0 Å². The molecule has 29 heavy (non-hydrogen) atoms. The largest absolute Gasteiger partial charge is 0.301 e. The number of amides is 1. The van der Waals surface area contributed by atoms with Crippen LogP contribution in [0.5, 0.6) is 0 Å². The molecule has 0 unspecified atom stereocenters. The fraction of sp³-hybridized carbons (Fsp3) is 0.182. The molecule has 0 spiro atoms. The Morgan fingerprint density at radius 1 is 1.00 bits per heavy atom. The fourth-order valence-corrected chi connectivity index (χ4v) is 3.30. The average Bonchev–Trinajstić information content (AvgIpc) is 3.10. The molecule has 0 radical (unpaired) electrons. The highest BCUT2D eigenvalue weighted by atomic mass is 35.5. The van der Waals surface area contributed by atoms with Gasteiger partial charge >= 0.3 is 0 Å². The number of fused-ring (bicyclic) bond motifs is 1. The zero-order chi connectivity index (χ0) is 20.5. The van der Waals surface area contributed by atoms with Crippen LogP contribution in [-0.4, -0.2) is 25.5 Å². The van der Waals surface area contributed by atoms with E-state index in [2.05, 4.69) is 15.1 Å². The summed E-state index contributed by atoms with van der Waals surface area (Å²) >= 11 is 5.98. The second-order valence-electron chi connectivity index (χ2n) is 7.01. The van der Waals surface area contributed by atoms with Crippen LogP contribution in [0.2, 0.25) is 5.02 Å². The lowest BCUT2D eigenvalue weighted by Gasteiger charge is -2.22. The number of hydrogen-bond donors (Lipinski definition) is 0. The molecule has 2 aromatic heterocycles. The zero-order valence-electron chi connectivity index (χ0n) is 16.4. The number of aryl methyl sites for hydroxylation is 3. The van der Waals surface area contributed by atoms with E-state index in [1.54, 1.807) is 33.7 Å². The van der Waals surface area contributed by atoms with E-state index in [1.165, 1.54) is 0 Å². The number of carbonyl (C=O) groups excluding carboxylic acids is 1. The van der Waals surface area contributed by atoms with Crippen LogP contribution < -0.4 is 4.90 Å². The smallest absolute Gasteiger partial charge is 0.258 e. The quantitative estimate of drug-likeness (QED) is 0.499. The summed E-state index contributed by atoms with van der Waals surface area (Å²) < 4.78 is 1.70. The Kier molecular flexibility index (Phi) is 5.03. The van der Waals surface area contributed by atoms with Gasteiger partial charge in [0.25, 0.3) is 11.7 Å². The first kappa shape index (κ1) is 19.1. The van der Waals surface area contributed by atoms with Crippen molar-refractivity contribution in [1.82, 2.24) is 19.6 Å². The minimum atomic E-state index is -0.148. The normalized spacial score (nSPS) is 11.0. The van der Waals surface area contributed by atoms with Crippen LogP contribution in [-0.2, 0) is 6.54 Å². The number of anilines is 1. The highest BCUT2D eigenvalue weighted by Gasteiger charge is 2.21. The van der Waals surface area contributed by atoms with Crippen molar-refractivity contribution < 1.29 is 4.79 Å². The Labute approximate surface area is 173 Å². The minimum absolute atomic E-state index is 0.148. The van der Waals surface area contributed by atoms with E-state index in [0.29, 0.717) is 22.2 Å². The zero-order valence-corrected chi connectivity index (χ0v) is 17.2. The summed E-state index contributed by atoms with van der Waals surface area (Å²) in [5.74, 6) is 0.902. The van der Waals surface area contributed by atoms with Gasteiger partial charge in [0.1, 0.15) is 0 Å².